The molecule has 88 valence electrons. The van der Waals surface area contributed by atoms with Gasteiger partial charge >= 0.3 is 11.9 Å². The van der Waals surface area contributed by atoms with E-state index >= 15 is 0 Å². The normalized spacial score (nSPS) is 10.1. The predicted molar refractivity (Wildman–Crippen MR) is 50.1 cm³/mol. The number of ether oxygens (including phenoxy) is 3. The third-order valence-electron chi connectivity index (χ3n) is 1.38. The van der Waals surface area contributed by atoms with Crippen molar-refractivity contribution in [3.63, 3.8) is 0 Å². The molecule has 0 unspecified atom stereocenters. The van der Waals surface area contributed by atoms with Gasteiger partial charge in [0.15, 0.2) is 0 Å². The highest BCUT2D eigenvalue weighted by molar-refractivity contribution is 5.98. The number of hydrogen-bond donors (Lipinski definition) is 1. The largest absolute Gasteiger partial charge is 0.464 e. The number of aliphatic hydroxyl groups is 1. The number of esters is 2. The Morgan fingerprint density at radius 2 is 1.60 bits per heavy atom. The van der Waals surface area contributed by atoms with Crippen LogP contribution in [-0.2, 0) is 23.8 Å². The molecule has 0 aromatic carbocycles. The zero-order chi connectivity index (χ0) is 11.7. The summed E-state index contributed by atoms with van der Waals surface area (Å²) in [5.74, 6) is -1.60. The lowest BCUT2D eigenvalue weighted by atomic mass is 10.3. The lowest BCUT2D eigenvalue weighted by Gasteiger charge is -2.14. The third kappa shape index (κ3) is 5.34. The number of carbonyl (C=O) groups is 2. The predicted octanol–water partition coefficient (Wildman–Crippen LogP) is -0.510. The minimum absolute atomic E-state index is 0.123. The average Bonchev–Trinajstić information content (AvgIpc) is 2.19. The molecular formula is C9H16O6. The van der Waals surface area contributed by atoms with Crippen LogP contribution in [0.1, 0.15) is 13.8 Å². The number of aliphatic hydroxyl groups excluding tert-OH is 1. The summed E-state index contributed by atoms with van der Waals surface area (Å²) < 4.78 is 14.1. The maximum atomic E-state index is 11.2. The van der Waals surface area contributed by atoms with Gasteiger partial charge in [-0.1, -0.05) is 0 Å². The number of hydrogen-bond acceptors (Lipinski definition) is 6. The van der Waals surface area contributed by atoms with Crippen LogP contribution >= 0.6 is 0 Å². The van der Waals surface area contributed by atoms with Gasteiger partial charge in [0.05, 0.1) is 26.4 Å². The quantitative estimate of drug-likeness (QED) is 0.459. The Kier molecular flexibility index (Phi) is 7.57. The van der Waals surface area contributed by atoms with Crippen molar-refractivity contribution in [3.05, 3.63) is 0 Å². The van der Waals surface area contributed by atoms with Gasteiger partial charge in [-0.15, -0.1) is 0 Å². The van der Waals surface area contributed by atoms with E-state index < -0.39 is 18.0 Å². The summed E-state index contributed by atoms with van der Waals surface area (Å²) >= 11 is 0. The van der Waals surface area contributed by atoms with Crippen molar-refractivity contribution in [2.45, 2.75) is 20.0 Å². The topological polar surface area (TPSA) is 82.1 Å². The van der Waals surface area contributed by atoms with E-state index in [2.05, 4.69) is 9.47 Å². The summed E-state index contributed by atoms with van der Waals surface area (Å²) in [7, 11) is 0. The van der Waals surface area contributed by atoms with Crippen molar-refractivity contribution in [2.75, 3.05) is 26.4 Å². The van der Waals surface area contributed by atoms with Crippen LogP contribution in [-0.4, -0.2) is 49.6 Å². The first-order valence-corrected chi connectivity index (χ1v) is 4.73. The van der Waals surface area contributed by atoms with Crippen LogP contribution in [0.3, 0.4) is 0 Å². The minimum atomic E-state index is -1.41. The van der Waals surface area contributed by atoms with Crippen LogP contribution in [0.4, 0.5) is 0 Å². The van der Waals surface area contributed by atoms with Crippen LogP contribution in [0.5, 0.6) is 0 Å². The molecule has 0 atom stereocenters. The van der Waals surface area contributed by atoms with Gasteiger partial charge in [0.2, 0.25) is 0 Å². The summed E-state index contributed by atoms with van der Waals surface area (Å²) in [4.78, 5) is 22.5. The molecule has 0 radical (unpaired) electrons. The monoisotopic (exact) mass is 220 g/mol. The SMILES string of the molecule is CCOC(=O)C(OCCO)C(=O)OCC. The Morgan fingerprint density at radius 1 is 1.13 bits per heavy atom. The second-order valence-corrected chi connectivity index (χ2v) is 2.48. The van der Waals surface area contributed by atoms with Crippen LogP contribution in [0, 0.1) is 0 Å². The Labute approximate surface area is 88.1 Å². The van der Waals surface area contributed by atoms with Gasteiger partial charge < -0.3 is 19.3 Å². The average molecular weight is 220 g/mol. The van der Waals surface area contributed by atoms with Gasteiger partial charge in [0.25, 0.3) is 6.10 Å². The van der Waals surface area contributed by atoms with Gasteiger partial charge in [-0.05, 0) is 13.8 Å². The van der Waals surface area contributed by atoms with Crippen LogP contribution in [0.15, 0.2) is 0 Å². The van der Waals surface area contributed by atoms with E-state index in [0.717, 1.165) is 0 Å². The second kappa shape index (κ2) is 8.19. The Morgan fingerprint density at radius 3 is 1.93 bits per heavy atom. The highest BCUT2D eigenvalue weighted by Crippen LogP contribution is 1.99. The molecule has 15 heavy (non-hydrogen) atoms. The van der Waals surface area contributed by atoms with Crippen molar-refractivity contribution < 1.29 is 28.9 Å². The summed E-state index contributed by atoms with van der Waals surface area (Å²) in [6.07, 6.45) is -1.41. The molecular weight excluding hydrogens is 204 g/mol. The summed E-state index contributed by atoms with van der Waals surface area (Å²) in [5.41, 5.74) is 0. The Balaban J connectivity index is 4.28. The Hall–Kier alpha value is -1.14. The molecule has 0 fully saturated rings. The van der Waals surface area contributed by atoms with Crippen molar-refractivity contribution in [1.82, 2.24) is 0 Å². The van der Waals surface area contributed by atoms with Gasteiger partial charge in [-0.3, -0.25) is 0 Å². The first-order valence-electron chi connectivity index (χ1n) is 4.73. The first-order chi connectivity index (χ1) is 7.17. The van der Waals surface area contributed by atoms with Gasteiger partial charge in [0.1, 0.15) is 0 Å². The number of rotatable bonds is 7. The summed E-state index contributed by atoms with van der Waals surface area (Å²) in [6.45, 7) is 3.13. The fraction of sp³-hybridized carbons (Fsp3) is 0.778. The highest BCUT2D eigenvalue weighted by Gasteiger charge is 2.30. The molecule has 0 amide bonds. The first kappa shape index (κ1) is 13.9. The van der Waals surface area contributed by atoms with Crippen molar-refractivity contribution in [3.8, 4) is 0 Å². The maximum absolute atomic E-state index is 11.2. The molecule has 0 spiro atoms. The molecule has 0 aliphatic carbocycles. The number of carbonyl (C=O) groups excluding carboxylic acids is 2. The second-order valence-electron chi connectivity index (χ2n) is 2.48. The van der Waals surface area contributed by atoms with Crippen molar-refractivity contribution in [2.24, 2.45) is 0 Å². The third-order valence-corrected chi connectivity index (χ3v) is 1.38. The highest BCUT2D eigenvalue weighted by atomic mass is 16.6. The molecule has 0 aliphatic heterocycles. The van der Waals surface area contributed by atoms with Crippen molar-refractivity contribution >= 4 is 11.9 Å². The van der Waals surface area contributed by atoms with Gasteiger partial charge in [-0.25, -0.2) is 9.59 Å². The van der Waals surface area contributed by atoms with Crippen LogP contribution in [0.2, 0.25) is 0 Å². The van der Waals surface area contributed by atoms with Crippen LogP contribution < -0.4 is 0 Å². The van der Waals surface area contributed by atoms with E-state index in [1.165, 1.54) is 0 Å². The molecule has 0 aliphatic rings. The van der Waals surface area contributed by atoms with E-state index in [0.29, 0.717) is 0 Å². The maximum Gasteiger partial charge on any atom is 0.347 e. The van der Waals surface area contributed by atoms with E-state index in [4.69, 9.17) is 9.84 Å². The van der Waals surface area contributed by atoms with E-state index in [9.17, 15) is 9.59 Å². The van der Waals surface area contributed by atoms with Crippen molar-refractivity contribution in [1.29, 1.82) is 0 Å². The lowest BCUT2D eigenvalue weighted by Crippen LogP contribution is -2.36. The smallest absolute Gasteiger partial charge is 0.347 e. The molecule has 6 heteroatoms. The van der Waals surface area contributed by atoms with E-state index in [1.807, 2.05) is 0 Å². The summed E-state index contributed by atoms with van der Waals surface area (Å²) in [6, 6.07) is 0. The molecule has 0 rings (SSSR count). The Bertz CT molecular complexity index is 185. The molecule has 1 N–H and O–H groups in total. The van der Waals surface area contributed by atoms with E-state index in [-0.39, 0.29) is 26.4 Å². The molecule has 0 saturated carbocycles. The molecule has 0 heterocycles. The van der Waals surface area contributed by atoms with Gasteiger partial charge in [0, 0.05) is 0 Å². The molecule has 6 nitrogen and oxygen atoms in total. The zero-order valence-electron chi connectivity index (χ0n) is 8.89. The molecule has 0 saturated heterocycles. The molecule has 0 aromatic heterocycles. The van der Waals surface area contributed by atoms with E-state index in [1.54, 1.807) is 13.8 Å². The fourth-order valence-corrected chi connectivity index (χ4v) is 0.839. The zero-order valence-corrected chi connectivity index (χ0v) is 8.89. The molecule has 0 aromatic rings. The minimum Gasteiger partial charge on any atom is -0.464 e. The lowest BCUT2D eigenvalue weighted by molar-refractivity contribution is -0.173. The van der Waals surface area contributed by atoms with Gasteiger partial charge in [-0.2, -0.15) is 0 Å². The molecule has 0 bridgehead atoms. The fourth-order valence-electron chi connectivity index (χ4n) is 0.839. The standard InChI is InChI=1S/C9H16O6/c1-3-13-8(11)7(15-6-5-10)9(12)14-4-2/h7,10H,3-6H2,1-2H3. The summed E-state index contributed by atoms with van der Waals surface area (Å²) in [5, 5.41) is 8.51. The van der Waals surface area contributed by atoms with Crippen LogP contribution in [0.25, 0.3) is 0 Å².